The van der Waals surface area contributed by atoms with Crippen LogP contribution in [0.3, 0.4) is 0 Å². The number of nitrogens with one attached hydrogen (secondary N) is 1. The highest BCUT2D eigenvalue weighted by atomic mass is 32.2. The van der Waals surface area contributed by atoms with Crippen molar-refractivity contribution in [1.82, 2.24) is 4.98 Å². The lowest BCUT2D eigenvalue weighted by Gasteiger charge is -2.32. The lowest BCUT2D eigenvalue weighted by atomic mass is 10.1. The summed E-state index contributed by atoms with van der Waals surface area (Å²) in [6.45, 7) is 2.62. The molecule has 4 rings (SSSR count). The molecular formula is C19H15FN4O3S2. The van der Waals surface area contributed by atoms with Crippen molar-refractivity contribution < 1.29 is 17.5 Å². The fourth-order valence-corrected chi connectivity index (χ4v) is 5.01. The standard InChI is InChI=1S/C19H15FN4O3S2/c1-12-8-13(11-21)2-3-15(12)24-5-6-27-17-10-18(14(20)9-16(17)24)29(25,26)23-19-22-4-7-28-19/h2-4,7-10H,5-6H2,1H3,(H,22,23). The molecule has 3 aromatic rings. The van der Waals surface area contributed by atoms with Crippen molar-refractivity contribution >= 4 is 37.9 Å². The number of aryl methyl sites for hydroxylation is 1. The number of fused-ring (bicyclic) bond motifs is 1. The maximum absolute atomic E-state index is 14.8. The highest BCUT2D eigenvalue weighted by Crippen LogP contribution is 2.40. The van der Waals surface area contributed by atoms with Crippen molar-refractivity contribution in [3.63, 3.8) is 0 Å². The zero-order valence-corrected chi connectivity index (χ0v) is 16.8. The Kier molecular flexibility index (Phi) is 4.86. The minimum Gasteiger partial charge on any atom is -0.489 e. The van der Waals surface area contributed by atoms with Crippen molar-refractivity contribution in [3.8, 4) is 11.8 Å². The van der Waals surface area contributed by atoms with E-state index < -0.39 is 20.7 Å². The molecule has 2 heterocycles. The SMILES string of the molecule is Cc1cc(C#N)ccc1N1CCOc2cc(S(=O)(=O)Nc3nccs3)c(F)cc21. The fourth-order valence-electron chi connectivity index (χ4n) is 3.15. The Labute approximate surface area is 171 Å². The van der Waals surface area contributed by atoms with Gasteiger partial charge in [-0.15, -0.1) is 11.3 Å². The first-order valence-electron chi connectivity index (χ1n) is 8.56. The predicted molar refractivity (Wildman–Crippen MR) is 108 cm³/mol. The second kappa shape index (κ2) is 7.35. The highest BCUT2D eigenvalue weighted by molar-refractivity contribution is 7.93. The van der Waals surface area contributed by atoms with Gasteiger partial charge < -0.3 is 9.64 Å². The maximum Gasteiger partial charge on any atom is 0.266 e. The van der Waals surface area contributed by atoms with E-state index in [0.717, 1.165) is 28.7 Å². The average Bonchev–Trinajstić information content (AvgIpc) is 3.19. The van der Waals surface area contributed by atoms with Gasteiger partial charge in [-0.3, -0.25) is 4.72 Å². The maximum atomic E-state index is 14.8. The first-order chi connectivity index (χ1) is 13.9. The Morgan fingerprint density at radius 3 is 2.83 bits per heavy atom. The summed E-state index contributed by atoms with van der Waals surface area (Å²) in [6.07, 6.45) is 1.45. The molecule has 1 aliphatic heterocycles. The Morgan fingerprint density at radius 2 is 2.14 bits per heavy atom. The number of halogens is 1. The van der Waals surface area contributed by atoms with Gasteiger partial charge in [-0.25, -0.2) is 17.8 Å². The van der Waals surface area contributed by atoms with E-state index in [-0.39, 0.29) is 10.9 Å². The van der Waals surface area contributed by atoms with E-state index in [9.17, 15) is 12.8 Å². The van der Waals surface area contributed by atoms with Gasteiger partial charge in [0.25, 0.3) is 10.0 Å². The van der Waals surface area contributed by atoms with Crippen molar-refractivity contribution in [3.05, 3.63) is 58.9 Å². The molecule has 0 saturated heterocycles. The zero-order valence-electron chi connectivity index (χ0n) is 15.2. The molecule has 0 radical (unpaired) electrons. The number of benzene rings is 2. The molecule has 7 nitrogen and oxygen atoms in total. The summed E-state index contributed by atoms with van der Waals surface area (Å²) in [4.78, 5) is 5.20. The molecule has 1 aliphatic rings. The Bertz CT molecular complexity index is 1220. The number of rotatable bonds is 4. The van der Waals surface area contributed by atoms with Crippen molar-refractivity contribution in [1.29, 1.82) is 5.26 Å². The normalized spacial score (nSPS) is 13.3. The molecule has 0 spiro atoms. The van der Waals surface area contributed by atoms with Crippen LogP contribution in [-0.2, 0) is 10.0 Å². The lowest BCUT2D eigenvalue weighted by molar-refractivity contribution is 0.312. The minimum absolute atomic E-state index is 0.151. The van der Waals surface area contributed by atoms with E-state index in [0.29, 0.717) is 24.4 Å². The second-order valence-electron chi connectivity index (χ2n) is 6.31. The van der Waals surface area contributed by atoms with Gasteiger partial charge in [0.1, 0.15) is 23.1 Å². The number of sulfonamides is 1. The summed E-state index contributed by atoms with van der Waals surface area (Å²) in [7, 11) is -4.16. The van der Waals surface area contributed by atoms with Crippen LogP contribution in [0.1, 0.15) is 11.1 Å². The van der Waals surface area contributed by atoms with Crippen LogP contribution in [0.2, 0.25) is 0 Å². The third kappa shape index (κ3) is 3.62. The van der Waals surface area contributed by atoms with Crippen LogP contribution in [0.25, 0.3) is 0 Å². The van der Waals surface area contributed by atoms with Gasteiger partial charge >= 0.3 is 0 Å². The molecule has 1 N–H and O–H groups in total. The molecule has 0 saturated carbocycles. The van der Waals surface area contributed by atoms with Gasteiger partial charge in [0.05, 0.1) is 23.9 Å². The van der Waals surface area contributed by atoms with Gasteiger partial charge in [-0.1, -0.05) is 0 Å². The highest BCUT2D eigenvalue weighted by Gasteiger charge is 2.28. The predicted octanol–water partition coefficient (Wildman–Crippen LogP) is 3.79. The zero-order chi connectivity index (χ0) is 20.6. The van der Waals surface area contributed by atoms with Crippen molar-refractivity contribution in [2.24, 2.45) is 0 Å². The third-order valence-corrected chi connectivity index (χ3v) is 6.61. The monoisotopic (exact) mass is 430 g/mol. The van der Waals surface area contributed by atoms with Crippen LogP contribution >= 0.6 is 11.3 Å². The molecule has 0 aliphatic carbocycles. The smallest absolute Gasteiger partial charge is 0.266 e. The Hall–Kier alpha value is -3.16. The fraction of sp³-hybridized carbons (Fsp3) is 0.158. The lowest BCUT2D eigenvalue weighted by Crippen LogP contribution is -2.29. The van der Waals surface area contributed by atoms with Crippen LogP contribution in [0, 0.1) is 24.1 Å². The minimum atomic E-state index is -4.16. The molecule has 0 amide bonds. The van der Waals surface area contributed by atoms with E-state index in [4.69, 9.17) is 10.00 Å². The quantitative estimate of drug-likeness (QED) is 0.677. The van der Waals surface area contributed by atoms with Crippen LogP contribution in [-0.4, -0.2) is 26.6 Å². The molecule has 148 valence electrons. The van der Waals surface area contributed by atoms with Crippen LogP contribution in [0.5, 0.6) is 5.75 Å². The molecule has 10 heteroatoms. The molecule has 0 fully saturated rings. The average molecular weight is 430 g/mol. The molecule has 29 heavy (non-hydrogen) atoms. The molecule has 2 aromatic carbocycles. The van der Waals surface area contributed by atoms with E-state index in [1.165, 1.54) is 12.3 Å². The number of ether oxygens (including phenoxy) is 1. The van der Waals surface area contributed by atoms with Crippen LogP contribution in [0.15, 0.2) is 46.8 Å². The summed E-state index contributed by atoms with van der Waals surface area (Å²) < 4.78 is 47.9. The topological polar surface area (TPSA) is 95.3 Å². The summed E-state index contributed by atoms with van der Waals surface area (Å²) in [5.41, 5.74) is 2.60. The molecule has 0 bridgehead atoms. The summed E-state index contributed by atoms with van der Waals surface area (Å²) in [5.74, 6) is -0.629. The first-order valence-corrected chi connectivity index (χ1v) is 10.9. The molecule has 0 atom stereocenters. The van der Waals surface area contributed by atoms with Crippen LogP contribution < -0.4 is 14.4 Å². The van der Waals surface area contributed by atoms with Gasteiger partial charge in [0.2, 0.25) is 0 Å². The van der Waals surface area contributed by atoms with Gasteiger partial charge in [-0.05, 0) is 30.7 Å². The second-order valence-corrected chi connectivity index (χ2v) is 8.85. The van der Waals surface area contributed by atoms with Crippen LogP contribution in [0.4, 0.5) is 20.9 Å². The molecule has 0 unspecified atom stereocenters. The Morgan fingerprint density at radius 1 is 1.31 bits per heavy atom. The van der Waals surface area contributed by atoms with Gasteiger partial charge in [0, 0.05) is 29.4 Å². The summed E-state index contributed by atoms with van der Waals surface area (Å²) >= 11 is 1.10. The number of aromatic nitrogens is 1. The first kappa shape index (κ1) is 19.2. The van der Waals surface area contributed by atoms with Crippen molar-refractivity contribution in [2.75, 3.05) is 22.8 Å². The molecular weight excluding hydrogens is 415 g/mol. The van der Waals surface area contributed by atoms with E-state index in [1.54, 1.807) is 23.6 Å². The van der Waals surface area contributed by atoms with E-state index in [1.807, 2.05) is 11.8 Å². The number of anilines is 3. The van der Waals surface area contributed by atoms with E-state index in [2.05, 4.69) is 15.8 Å². The van der Waals surface area contributed by atoms with Crippen molar-refractivity contribution in [2.45, 2.75) is 11.8 Å². The Balaban J connectivity index is 1.75. The number of nitriles is 1. The number of hydrogen-bond acceptors (Lipinski definition) is 7. The number of nitrogens with zero attached hydrogens (tertiary/aromatic N) is 3. The number of hydrogen-bond donors (Lipinski definition) is 1. The largest absolute Gasteiger partial charge is 0.489 e. The molecule has 1 aromatic heterocycles. The van der Waals surface area contributed by atoms with Gasteiger partial charge in [0.15, 0.2) is 5.13 Å². The summed E-state index contributed by atoms with van der Waals surface area (Å²) in [5, 5.41) is 10.8. The van der Waals surface area contributed by atoms with E-state index >= 15 is 0 Å². The number of thiazole rings is 1. The third-order valence-electron chi connectivity index (χ3n) is 4.44. The van der Waals surface area contributed by atoms with Gasteiger partial charge in [-0.2, -0.15) is 5.26 Å². The summed E-state index contributed by atoms with van der Waals surface area (Å²) in [6, 6.07) is 9.65.